The number of hydrogen-bond acceptors (Lipinski definition) is 5. The summed E-state index contributed by atoms with van der Waals surface area (Å²) in [6.45, 7) is 5.23. The predicted molar refractivity (Wildman–Crippen MR) is 85.1 cm³/mol. The third-order valence-corrected chi connectivity index (χ3v) is 3.60. The number of rotatable bonds is 6. The molecule has 2 heterocycles. The fourth-order valence-corrected chi connectivity index (χ4v) is 2.27. The second-order valence-electron chi connectivity index (χ2n) is 5.68. The van der Waals surface area contributed by atoms with Crippen molar-refractivity contribution >= 4 is 16.9 Å². The summed E-state index contributed by atoms with van der Waals surface area (Å²) in [5, 5.41) is 14.9. The molecule has 0 atom stereocenters. The van der Waals surface area contributed by atoms with Crippen molar-refractivity contribution in [1.29, 1.82) is 0 Å². The average Bonchev–Trinajstić information content (AvgIpc) is 3.19. The number of fused-ring (bicyclic) bond motifs is 1. The van der Waals surface area contributed by atoms with E-state index in [0.717, 1.165) is 23.1 Å². The highest BCUT2D eigenvalue weighted by Crippen LogP contribution is 2.14. The molecule has 2 aromatic heterocycles. The highest BCUT2D eigenvalue weighted by molar-refractivity contribution is 5.91. The van der Waals surface area contributed by atoms with E-state index in [2.05, 4.69) is 20.8 Å². The van der Waals surface area contributed by atoms with E-state index < -0.39 is 0 Å². The summed E-state index contributed by atoms with van der Waals surface area (Å²) in [5.74, 6) is 0.244. The van der Waals surface area contributed by atoms with Gasteiger partial charge >= 0.3 is 0 Å². The van der Waals surface area contributed by atoms with Gasteiger partial charge in [0, 0.05) is 19.2 Å². The summed E-state index contributed by atoms with van der Waals surface area (Å²) in [6.07, 6.45) is 0.754. The molecule has 0 aliphatic carbocycles. The van der Waals surface area contributed by atoms with Crippen LogP contribution in [-0.4, -0.2) is 32.6 Å². The number of carbonyl (C=O) groups excluding carboxylic acids is 1. The van der Waals surface area contributed by atoms with Crippen LogP contribution in [0.1, 0.15) is 42.4 Å². The lowest BCUT2D eigenvalue weighted by Gasteiger charge is -2.03. The lowest BCUT2D eigenvalue weighted by atomic mass is 10.1. The Morgan fingerprint density at radius 3 is 2.96 bits per heavy atom. The first kappa shape index (κ1) is 15.2. The summed E-state index contributed by atoms with van der Waals surface area (Å²) in [6, 6.07) is 9.49. The molecule has 0 spiro atoms. The van der Waals surface area contributed by atoms with Crippen LogP contribution in [-0.2, 0) is 6.54 Å². The number of benzene rings is 1. The van der Waals surface area contributed by atoms with Crippen molar-refractivity contribution in [2.24, 2.45) is 0 Å². The molecule has 3 aromatic rings. The number of aryl methyl sites for hydroxylation is 1. The molecule has 0 aliphatic heterocycles. The van der Waals surface area contributed by atoms with Gasteiger partial charge in [-0.15, -0.1) is 5.10 Å². The quantitative estimate of drug-likeness (QED) is 0.706. The van der Waals surface area contributed by atoms with E-state index in [1.807, 2.05) is 42.8 Å². The maximum Gasteiger partial charge on any atom is 0.289 e. The summed E-state index contributed by atoms with van der Waals surface area (Å²) in [4.78, 5) is 12.0. The van der Waals surface area contributed by atoms with Crippen LogP contribution in [0.3, 0.4) is 0 Å². The van der Waals surface area contributed by atoms with Crippen LogP contribution in [0.5, 0.6) is 0 Å². The zero-order chi connectivity index (χ0) is 16.2. The smallest absolute Gasteiger partial charge is 0.289 e. The number of amides is 1. The Bertz CT molecular complexity index is 806. The molecule has 0 fully saturated rings. The van der Waals surface area contributed by atoms with Gasteiger partial charge < -0.3 is 9.84 Å². The predicted octanol–water partition coefficient (Wildman–Crippen LogP) is 2.36. The molecule has 120 valence electrons. The fraction of sp³-hybridized carbons (Fsp3) is 0.375. The van der Waals surface area contributed by atoms with E-state index >= 15 is 0 Å². The topological polar surface area (TPSA) is 85.8 Å². The van der Waals surface area contributed by atoms with Crippen molar-refractivity contribution in [2.45, 2.75) is 32.7 Å². The zero-order valence-electron chi connectivity index (χ0n) is 13.2. The molecule has 0 aliphatic rings. The molecule has 23 heavy (non-hydrogen) atoms. The highest BCUT2D eigenvalue weighted by Gasteiger charge is 2.14. The first-order valence-corrected chi connectivity index (χ1v) is 7.68. The minimum absolute atomic E-state index is 0.237. The lowest BCUT2D eigenvalue weighted by Crippen LogP contribution is -2.25. The number of nitrogens with zero attached hydrogens (tertiary/aromatic N) is 4. The number of nitrogens with one attached hydrogen (secondary N) is 1. The van der Waals surface area contributed by atoms with E-state index in [-0.39, 0.29) is 17.6 Å². The normalized spacial score (nSPS) is 11.3. The summed E-state index contributed by atoms with van der Waals surface area (Å²) in [5.41, 5.74) is 2.65. The molecular formula is C16H19N5O2. The van der Waals surface area contributed by atoms with Gasteiger partial charge in [-0.2, -0.15) is 0 Å². The molecule has 0 radical (unpaired) electrons. The molecule has 1 aromatic carbocycles. The Kier molecular flexibility index (Phi) is 4.36. The van der Waals surface area contributed by atoms with E-state index in [1.54, 1.807) is 6.07 Å². The average molecular weight is 313 g/mol. The minimum atomic E-state index is -0.243. The molecule has 0 saturated heterocycles. The maximum absolute atomic E-state index is 12.0. The molecular weight excluding hydrogens is 294 g/mol. The molecule has 3 rings (SSSR count). The molecule has 0 saturated carbocycles. The van der Waals surface area contributed by atoms with Crippen LogP contribution in [0.2, 0.25) is 0 Å². The van der Waals surface area contributed by atoms with Gasteiger partial charge in [0.1, 0.15) is 5.52 Å². The van der Waals surface area contributed by atoms with Crippen molar-refractivity contribution in [3.63, 3.8) is 0 Å². The van der Waals surface area contributed by atoms with E-state index in [1.165, 1.54) is 0 Å². The molecule has 1 amide bonds. The van der Waals surface area contributed by atoms with Crippen LogP contribution >= 0.6 is 0 Å². The highest BCUT2D eigenvalue weighted by atomic mass is 16.5. The summed E-state index contributed by atoms with van der Waals surface area (Å²) < 4.78 is 6.90. The largest absolute Gasteiger partial charge is 0.351 e. The molecule has 0 unspecified atom stereocenters. The van der Waals surface area contributed by atoms with E-state index in [0.29, 0.717) is 13.1 Å². The number of carbonyl (C=O) groups is 1. The Balaban J connectivity index is 1.50. The molecule has 0 bridgehead atoms. The van der Waals surface area contributed by atoms with E-state index in [4.69, 9.17) is 4.52 Å². The van der Waals surface area contributed by atoms with Gasteiger partial charge in [0.15, 0.2) is 0 Å². The van der Waals surface area contributed by atoms with Crippen LogP contribution in [0.15, 0.2) is 34.9 Å². The maximum atomic E-state index is 12.0. The zero-order valence-corrected chi connectivity index (χ0v) is 13.2. The Labute approximate surface area is 133 Å². The Morgan fingerprint density at radius 1 is 1.35 bits per heavy atom. The molecule has 7 heteroatoms. The van der Waals surface area contributed by atoms with Gasteiger partial charge in [-0.25, -0.2) is 4.68 Å². The third-order valence-electron chi connectivity index (χ3n) is 3.60. The minimum Gasteiger partial charge on any atom is -0.351 e. The summed E-state index contributed by atoms with van der Waals surface area (Å²) in [7, 11) is 0. The van der Waals surface area contributed by atoms with Gasteiger partial charge in [0.2, 0.25) is 5.76 Å². The van der Waals surface area contributed by atoms with Crippen molar-refractivity contribution in [1.82, 2.24) is 25.5 Å². The van der Waals surface area contributed by atoms with Crippen molar-refractivity contribution in [2.75, 3.05) is 6.54 Å². The van der Waals surface area contributed by atoms with Gasteiger partial charge in [-0.3, -0.25) is 4.79 Å². The first-order valence-electron chi connectivity index (χ1n) is 7.68. The van der Waals surface area contributed by atoms with Gasteiger partial charge in [-0.1, -0.05) is 36.4 Å². The van der Waals surface area contributed by atoms with Crippen LogP contribution in [0.25, 0.3) is 11.0 Å². The van der Waals surface area contributed by atoms with Crippen LogP contribution in [0.4, 0.5) is 0 Å². The third kappa shape index (κ3) is 3.39. The van der Waals surface area contributed by atoms with Gasteiger partial charge in [-0.05, 0) is 24.5 Å². The molecule has 7 nitrogen and oxygen atoms in total. The standard InChI is InChI=1S/C16H19N5O2/c1-11(2)13-10-15(23-19-13)16(22)17-8-5-9-21-14-7-4-3-6-12(14)18-20-21/h3-4,6-7,10-11H,5,8-9H2,1-2H3,(H,17,22). The SMILES string of the molecule is CC(C)c1cc(C(=O)NCCCn2nnc3ccccc32)on1. The Hall–Kier alpha value is -2.70. The lowest BCUT2D eigenvalue weighted by molar-refractivity contribution is 0.0915. The number of para-hydroxylation sites is 1. The van der Waals surface area contributed by atoms with Gasteiger partial charge in [0.25, 0.3) is 5.91 Å². The van der Waals surface area contributed by atoms with Crippen LogP contribution in [0, 0.1) is 0 Å². The summed E-state index contributed by atoms with van der Waals surface area (Å²) >= 11 is 0. The molecule has 1 N–H and O–H groups in total. The Morgan fingerprint density at radius 2 is 2.17 bits per heavy atom. The van der Waals surface area contributed by atoms with Gasteiger partial charge in [0.05, 0.1) is 11.2 Å². The van der Waals surface area contributed by atoms with E-state index in [9.17, 15) is 4.79 Å². The second-order valence-corrected chi connectivity index (χ2v) is 5.68. The van der Waals surface area contributed by atoms with Crippen molar-refractivity contribution in [3.05, 3.63) is 41.8 Å². The van der Waals surface area contributed by atoms with Crippen LogP contribution < -0.4 is 5.32 Å². The number of hydrogen-bond donors (Lipinski definition) is 1. The fourth-order valence-electron chi connectivity index (χ4n) is 2.27. The van der Waals surface area contributed by atoms with Crippen molar-refractivity contribution in [3.8, 4) is 0 Å². The monoisotopic (exact) mass is 313 g/mol. The number of aromatic nitrogens is 4. The van der Waals surface area contributed by atoms with Crippen molar-refractivity contribution < 1.29 is 9.32 Å². The first-order chi connectivity index (χ1) is 11.1. The second kappa shape index (κ2) is 6.60.